The number of benzene rings is 1. The van der Waals surface area contributed by atoms with Gasteiger partial charge in [-0.25, -0.2) is 4.39 Å². The first kappa shape index (κ1) is 14.8. The number of phenols is 1. The largest absolute Gasteiger partial charge is 0.502 e. The molecule has 0 fully saturated rings. The van der Waals surface area contributed by atoms with E-state index in [2.05, 4.69) is 15.9 Å². The predicted octanol–water partition coefficient (Wildman–Crippen LogP) is 3.05. The van der Waals surface area contributed by atoms with Crippen LogP contribution in [0.1, 0.15) is 25.8 Å². The molecule has 0 aliphatic heterocycles. The van der Waals surface area contributed by atoms with Crippen LogP contribution in [0.3, 0.4) is 0 Å². The maximum absolute atomic E-state index is 14.1. The molecule has 4 nitrogen and oxygen atoms in total. The maximum atomic E-state index is 14.1. The van der Waals surface area contributed by atoms with E-state index >= 15 is 0 Å². The first-order valence-electron chi connectivity index (χ1n) is 5.18. The van der Waals surface area contributed by atoms with E-state index in [-0.39, 0.29) is 17.7 Å². The van der Waals surface area contributed by atoms with Gasteiger partial charge < -0.3 is 14.9 Å². The van der Waals surface area contributed by atoms with E-state index in [1.165, 1.54) is 13.2 Å². The van der Waals surface area contributed by atoms with Crippen molar-refractivity contribution in [1.29, 1.82) is 0 Å². The van der Waals surface area contributed by atoms with Gasteiger partial charge in [0.2, 0.25) is 0 Å². The Kier molecular flexibility index (Phi) is 4.21. The van der Waals surface area contributed by atoms with E-state index < -0.39 is 23.0 Å². The summed E-state index contributed by atoms with van der Waals surface area (Å²) >= 11 is 3.17. The molecule has 0 bridgehead atoms. The van der Waals surface area contributed by atoms with Crippen LogP contribution >= 0.6 is 15.9 Å². The molecule has 0 radical (unpaired) electrons. The van der Waals surface area contributed by atoms with E-state index in [4.69, 9.17) is 9.84 Å². The molecule has 0 saturated carbocycles. The van der Waals surface area contributed by atoms with Crippen molar-refractivity contribution in [2.24, 2.45) is 0 Å². The SMILES string of the molecule is COc1cc(Br)c(C(C)(C)CC(=O)O)c(F)c1O. The van der Waals surface area contributed by atoms with Crippen LogP contribution < -0.4 is 4.74 Å². The summed E-state index contributed by atoms with van der Waals surface area (Å²) in [7, 11) is 1.31. The van der Waals surface area contributed by atoms with E-state index in [9.17, 15) is 14.3 Å². The van der Waals surface area contributed by atoms with Crippen molar-refractivity contribution < 1.29 is 24.1 Å². The summed E-state index contributed by atoms with van der Waals surface area (Å²) in [4.78, 5) is 10.8. The number of hydrogen-bond donors (Lipinski definition) is 2. The second kappa shape index (κ2) is 5.14. The van der Waals surface area contributed by atoms with Gasteiger partial charge in [0.05, 0.1) is 13.5 Å². The molecule has 0 unspecified atom stereocenters. The predicted molar refractivity (Wildman–Crippen MR) is 67.6 cm³/mol. The molecule has 0 heterocycles. The number of aliphatic carboxylic acids is 1. The molecular weight excluding hydrogens is 307 g/mol. The Bertz CT molecular complexity index is 485. The Morgan fingerprint density at radius 3 is 2.56 bits per heavy atom. The number of methoxy groups -OCH3 is 1. The molecule has 0 saturated heterocycles. The molecule has 0 atom stereocenters. The number of aromatic hydroxyl groups is 1. The van der Waals surface area contributed by atoms with Crippen molar-refractivity contribution in [2.45, 2.75) is 25.7 Å². The molecular formula is C12H14BrFO4. The fourth-order valence-electron chi connectivity index (χ4n) is 1.83. The van der Waals surface area contributed by atoms with Crippen LogP contribution in [0.4, 0.5) is 4.39 Å². The average Bonchev–Trinajstić information content (AvgIpc) is 2.21. The third-order valence-corrected chi connectivity index (χ3v) is 3.27. The number of carboxylic acids is 1. The smallest absolute Gasteiger partial charge is 0.304 e. The molecule has 100 valence electrons. The molecule has 1 aromatic rings. The molecule has 0 aliphatic carbocycles. The Morgan fingerprint density at radius 1 is 1.56 bits per heavy atom. The normalized spacial score (nSPS) is 11.4. The minimum Gasteiger partial charge on any atom is -0.502 e. The lowest BCUT2D eigenvalue weighted by Crippen LogP contribution is -2.24. The first-order chi connectivity index (χ1) is 8.20. The Labute approximate surface area is 113 Å². The Morgan fingerprint density at radius 2 is 2.11 bits per heavy atom. The van der Waals surface area contributed by atoms with Gasteiger partial charge >= 0.3 is 5.97 Å². The molecule has 18 heavy (non-hydrogen) atoms. The lowest BCUT2D eigenvalue weighted by atomic mass is 9.81. The highest BCUT2D eigenvalue weighted by Crippen LogP contribution is 2.42. The van der Waals surface area contributed by atoms with Gasteiger partial charge in [0.15, 0.2) is 17.3 Å². The average molecular weight is 321 g/mol. The summed E-state index contributed by atoms with van der Waals surface area (Å²) in [5.74, 6) is -2.53. The molecule has 0 aliphatic rings. The van der Waals surface area contributed by atoms with E-state index in [0.717, 1.165) is 0 Å². The third kappa shape index (κ3) is 2.75. The van der Waals surface area contributed by atoms with Crippen LogP contribution in [-0.4, -0.2) is 23.3 Å². The van der Waals surface area contributed by atoms with Crippen molar-refractivity contribution >= 4 is 21.9 Å². The summed E-state index contributed by atoms with van der Waals surface area (Å²) in [6.45, 7) is 3.19. The topological polar surface area (TPSA) is 66.8 Å². The van der Waals surface area contributed by atoms with Crippen molar-refractivity contribution in [3.8, 4) is 11.5 Å². The van der Waals surface area contributed by atoms with Gasteiger partial charge in [-0.2, -0.15) is 0 Å². The number of carboxylic acid groups (broad SMARTS) is 1. The second-order valence-electron chi connectivity index (χ2n) is 4.55. The van der Waals surface area contributed by atoms with Gasteiger partial charge in [0, 0.05) is 15.5 Å². The van der Waals surface area contributed by atoms with Crippen molar-refractivity contribution in [3.05, 3.63) is 21.9 Å². The lowest BCUT2D eigenvalue weighted by molar-refractivity contribution is -0.138. The summed E-state index contributed by atoms with van der Waals surface area (Å²) in [6.07, 6.45) is -0.256. The zero-order chi connectivity index (χ0) is 14.1. The van der Waals surface area contributed by atoms with Crippen LogP contribution in [0.2, 0.25) is 0 Å². The quantitative estimate of drug-likeness (QED) is 0.894. The zero-order valence-corrected chi connectivity index (χ0v) is 11.8. The molecule has 0 spiro atoms. The highest BCUT2D eigenvalue weighted by molar-refractivity contribution is 9.10. The van der Waals surface area contributed by atoms with Gasteiger partial charge in [-0.1, -0.05) is 29.8 Å². The van der Waals surface area contributed by atoms with Crippen LogP contribution in [0.15, 0.2) is 10.5 Å². The van der Waals surface area contributed by atoms with E-state index in [1.54, 1.807) is 13.8 Å². The molecule has 1 rings (SSSR count). The highest BCUT2D eigenvalue weighted by Gasteiger charge is 2.32. The molecule has 0 aromatic heterocycles. The number of phenolic OH excluding ortho intramolecular Hbond substituents is 1. The summed E-state index contributed by atoms with van der Waals surface area (Å²) in [5, 5.41) is 18.5. The first-order valence-corrected chi connectivity index (χ1v) is 5.97. The van der Waals surface area contributed by atoms with Crippen LogP contribution in [0.5, 0.6) is 11.5 Å². The standard InChI is InChI=1S/C12H14BrFO4/c1-12(2,5-8(15)16)9-6(13)4-7(18-3)11(17)10(9)14/h4,17H,5H2,1-3H3,(H,15,16). The molecule has 1 aromatic carbocycles. The zero-order valence-electron chi connectivity index (χ0n) is 10.3. The molecule has 0 amide bonds. The van der Waals surface area contributed by atoms with Gasteiger partial charge in [-0.05, 0) is 6.07 Å². The fraction of sp³-hybridized carbons (Fsp3) is 0.417. The third-order valence-electron chi connectivity index (χ3n) is 2.65. The number of halogens is 2. The van der Waals surface area contributed by atoms with Crippen molar-refractivity contribution in [2.75, 3.05) is 7.11 Å². The number of rotatable bonds is 4. The molecule has 6 heteroatoms. The molecule has 2 N–H and O–H groups in total. The van der Waals surface area contributed by atoms with E-state index in [1.807, 2.05) is 0 Å². The highest BCUT2D eigenvalue weighted by atomic mass is 79.9. The van der Waals surface area contributed by atoms with Crippen molar-refractivity contribution in [1.82, 2.24) is 0 Å². The van der Waals surface area contributed by atoms with Crippen LogP contribution in [0.25, 0.3) is 0 Å². The fourth-order valence-corrected chi connectivity index (χ4v) is 2.75. The summed E-state index contributed by atoms with van der Waals surface area (Å²) in [6, 6.07) is 1.41. The van der Waals surface area contributed by atoms with Crippen molar-refractivity contribution in [3.63, 3.8) is 0 Å². The summed E-state index contributed by atoms with van der Waals surface area (Å²) < 4.78 is 19.3. The minimum atomic E-state index is -1.04. The van der Waals surface area contributed by atoms with Gasteiger partial charge in [0.1, 0.15) is 0 Å². The summed E-state index contributed by atoms with van der Waals surface area (Å²) in [5.41, 5.74) is -0.846. The number of carbonyl (C=O) groups is 1. The minimum absolute atomic E-state index is 0.00532. The van der Waals surface area contributed by atoms with Crippen LogP contribution in [-0.2, 0) is 10.2 Å². The van der Waals surface area contributed by atoms with Gasteiger partial charge in [-0.15, -0.1) is 0 Å². The van der Waals surface area contributed by atoms with Gasteiger partial charge in [-0.3, -0.25) is 4.79 Å². The Hall–Kier alpha value is -1.30. The number of ether oxygens (including phenoxy) is 1. The maximum Gasteiger partial charge on any atom is 0.304 e. The number of hydrogen-bond acceptors (Lipinski definition) is 3. The Balaban J connectivity index is 3.42. The van der Waals surface area contributed by atoms with E-state index in [0.29, 0.717) is 4.47 Å². The van der Waals surface area contributed by atoms with Gasteiger partial charge in [0.25, 0.3) is 0 Å². The van der Waals surface area contributed by atoms with Crippen LogP contribution in [0, 0.1) is 5.82 Å². The lowest BCUT2D eigenvalue weighted by Gasteiger charge is -2.26. The second-order valence-corrected chi connectivity index (χ2v) is 5.41. The monoisotopic (exact) mass is 320 g/mol.